The summed E-state index contributed by atoms with van der Waals surface area (Å²) in [6, 6.07) is 13.3. The summed E-state index contributed by atoms with van der Waals surface area (Å²) in [7, 11) is 1.96. The highest BCUT2D eigenvalue weighted by Gasteiger charge is 2.08. The molecule has 2 nitrogen and oxygen atoms in total. The number of rotatable bonds is 4. The van der Waals surface area contributed by atoms with Crippen LogP contribution in [0.5, 0.6) is 0 Å². The van der Waals surface area contributed by atoms with Crippen molar-refractivity contribution in [1.29, 1.82) is 0 Å². The van der Waals surface area contributed by atoms with E-state index in [9.17, 15) is 4.79 Å². The smallest absolute Gasteiger partial charge is 0.152 e. The number of carbonyl (C=O) groups excluding carboxylic acids is 1. The molecule has 98 valence electrons. The average molecular weight is 339 g/mol. The van der Waals surface area contributed by atoms with E-state index in [0.29, 0.717) is 12.1 Å². The molecule has 0 aromatic heterocycles. The molecule has 0 heterocycles. The molecule has 0 fully saturated rings. The van der Waals surface area contributed by atoms with Gasteiger partial charge in [-0.1, -0.05) is 39.7 Å². The number of aldehydes is 1. The Morgan fingerprint density at radius 2 is 1.89 bits per heavy atom. The van der Waals surface area contributed by atoms with Crippen LogP contribution < -0.4 is 4.90 Å². The third-order valence-corrected chi connectivity index (χ3v) is 3.61. The number of halogens is 2. The summed E-state index contributed by atoms with van der Waals surface area (Å²) in [6.45, 7) is 0.717. The molecule has 4 heteroatoms. The lowest BCUT2D eigenvalue weighted by atomic mass is 10.1. The lowest BCUT2D eigenvalue weighted by Gasteiger charge is -2.21. The fourth-order valence-corrected chi connectivity index (χ4v) is 2.37. The SMILES string of the molecule is CN(Cc1ccc(Cl)cc1)c1cc(Br)ccc1C=O. The summed E-state index contributed by atoms with van der Waals surface area (Å²) in [4.78, 5) is 13.1. The third-order valence-electron chi connectivity index (χ3n) is 2.86. The van der Waals surface area contributed by atoms with Gasteiger partial charge in [0.25, 0.3) is 0 Å². The first-order chi connectivity index (χ1) is 9.10. The van der Waals surface area contributed by atoms with Gasteiger partial charge >= 0.3 is 0 Å². The van der Waals surface area contributed by atoms with Crippen LogP contribution in [0.15, 0.2) is 46.9 Å². The van der Waals surface area contributed by atoms with Crippen LogP contribution in [-0.2, 0) is 6.54 Å². The summed E-state index contributed by atoms with van der Waals surface area (Å²) in [5.74, 6) is 0. The number of hydrogen-bond donors (Lipinski definition) is 0. The lowest BCUT2D eigenvalue weighted by molar-refractivity contribution is 0.112. The molecule has 19 heavy (non-hydrogen) atoms. The first-order valence-electron chi connectivity index (χ1n) is 5.80. The molecule has 0 amide bonds. The van der Waals surface area contributed by atoms with E-state index in [1.54, 1.807) is 0 Å². The fourth-order valence-electron chi connectivity index (χ4n) is 1.90. The predicted octanol–water partition coefficient (Wildman–Crippen LogP) is 4.55. The van der Waals surface area contributed by atoms with Crippen LogP contribution in [0.4, 0.5) is 5.69 Å². The second kappa shape index (κ2) is 6.22. The highest BCUT2D eigenvalue weighted by molar-refractivity contribution is 9.10. The summed E-state index contributed by atoms with van der Waals surface area (Å²) in [5.41, 5.74) is 2.72. The monoisotopic (exact) mass is 337 g/mol. The molecule has 2 rings (SSSR count). The number of nitrogens with zero attached hydrogens (tertiary/aromatic N) is 1. The molecule has 0 N–H and O–H groups in total. The van der Waals surface area contributed by atoms with Gasteiger partial charge in [0, 0.05) is 34.3 Å². The van der Waals surface area contributed by atoms with Gasteiger partial charge in [-0.25, -0.2) is 0 Å². The Kier molecular flexibility index (Phi) is 4.61. The second-order valence-corrected chi connectivity index (χ2v) is 5.66. The maximum atomic E-state index is 11.1. The Balaban J connectivity index is 2.24. The van der Waals surface area contributed by atoms with Crippen LogP contribution >= 0.6 is 27.5 Å². The van der Waals surface area contributed by atoms with E-state index in [-0.39, 0.29) is 0 Å². The van der Waals surface area contributed by atoms with Crippen molar-refractivity contribution in [2.24, 2.45) is 0 Å². The molecule has 0 unspecified atom stereocenters. The fraction of sp³-hybridized carbons (Fsp3) is 0.133. The van der Waals surface area contributed by atoms with E-state index in [1.165, 1.54) is 0 Å². The standard InChI is InChI=1S/C15H13BrClNO/c1-18(9-11-2-6-14(17)7-3-11)15-8-13(16)5-4-12(15)10-19/h2-8,10H,9H2,1H3. The molecule has 2 aromatic carbocycles. The molecule has 2 aromatic rings. The van der Waals surface area contributed by atoms with Crippen molar-refractivity contribution in [3.05, 3.63) is 63.1 Å². The zero-order valence-electron chi connectivity index (χ0n) is 10.4. The van der Waals surface area contributed by atoms with E-state index >= 15 is 0 Å². The number of anilines is 1. The van der Waals surface area contributed by atoms with Gasteiger partial charge in [0.2, 0.25) is 0 Å². The molecule has 0 saturated carbocycles. The molecule has 0 aliphatic carbocycles. The normalized spacial score (nSPS) is 10.3. The molecule has 0 atom stereocenters. The predicted molar refractivity (Wildman–Crippen MR) is 83.1 cm³/mol. The molecule has 0 spiro atoms. The average Bonchev–Trinajstić information content (AvgIpc) is 2.41. The molecular formula is C15H13BrClNO. The van der Waals surface area contributed by atoms with Gasteiger partial charge in [-0.05, 0) is 35.9 Å². The van der Waals surface area contributed by atoms with E-state index in [4.69, 9.17) is 11.6 Å². The van der Waals surface area contributed by atoms with Gasteiger partial charge in [0.1, 0.15) is 0 Å². The van der Waals surface area contributed by atoms with Gasteiger partial charge in [0.15, 0.2) is 6.29 Å². The van der Waals surface area contributed by atoms with Gasteiger partial charge < -0.3 is 4.90 Å². The molecule has 0 aliphatic heterocycles. The van der Waals surface area contributed by atoms with Gasteiger partial charge in [-0.2, -0.15) is 0 Å². The zero-order valence-corrected chi connectivity index (χ0v) is 12.8. The second-order valence-electron chi connectivity index (χ2n) is 4.30. The molecule has 0 aliphatic rings. The van der Waals surface area contributed by atoms with Gasteiger partial charge in [-0.3, -0.25) is 4.79 Å². The summed E-state index contributed by atoms with van der Waals surface area (Å²) in [6.07, 6.45) is 0.875. The topological polar surface area (TPSA) is 20.3 Å². The van der Waals surface area contributed by atoms with Crippen molar-refractivity contribution in [2.45, 2.75) is 6.54 Å². The van der Waals surface area contributed by atoms with Crippen LogP contribution in [0.25, 0.3) is 0 Å². The minimum Gasteiger partial charge on any atom is -0.370 e. The van der Waals surface area contributed by atoms with E-state index in [0.717, 1.165) is 27.0 Å². The minimum absolute atomic E-state index is 0.680. The van der Waals surface area contributed by atoms with Gasteiger partial charge in [0.05, 0.1) is 0 Å². The van der Waals surface area contributed by atoms with E-state index in [2.05, 4.69) is 15.9 Å². The lowest BCUT2D eigenvalue weighted by Crippen LogP contribution is -2.17. The van der Waals surface area contributed by atoms with Crippen molar-refractivity contribution in [3.8, 4) is 0 Å². The van der Waals surface area contributed by atoms with Crippen molar-refractivity contribution in [3.63, 3.8) is 0 Å². The maximum absolute atomic E-state index is 11.1. The van der Waals surface area contributed by atoms with Crippen LogP contribution in [-0.4, -0.2) is 13.3 Å². The Bertz CT molecular complexity index is 583. The highest BCUT2D eigenvalue weighted by Crippen LogP contribution is 2.24. The number of benzene rings is 2. The number of carbonyl (C=O) groups is 1. The molecular weight excluding hydrogens is 326 g/mol. The largest absolute Gasteiger partial charge is 0.370 e. The van der Waals surface area contributed by atoms with Crippen molar-refractivity contribution in [2.75, 3.05) is 11.9 Å². The van der Waals surface area contributed by atoms with E-state index in [1.807, 2.05) is 54.4 Å². The van der Waals surface area contributed by atoms with Crippen molar-refractivity contribution >= 4 is 39.5 Å². The van der Waals surface area contributed by atoms with Crippen LogP contribution in [0, 0.1) is 0 Å². The van der Waals surface area contributed by atoms with Crippen LogP contribution in [0.2, 0.25) is 5.02 Å². The first-order valence-corrected chi connectivity index (χ1v) is 6.97. The van der Waals surface area contributed by atoms with Gasteiger partial charge in [-0.15, -0.1) is 0 Å². The third kappa shape index (κ3) is 3.58. The Morgan fingerprint density at radius 1 is 1.21 bits per heavy atom. The van der Waals surface area contributed by atoms with E-state index < -0.39 is 0 Å². The molecule has 0 bridgehead atoms. The van der Waals surface area contributed by atoms with Crippen LogP contribution in [0.3, 0.4) is 0 Å². The highest BCUT2D eigenvalue weighted by atomic mass is 79.9. The maximum Gasteiger partial charge on any atom is 0.152 e. The Labute approximate surface area is 126 Å². The summed E-state index contributed by atoms with van der Waals surface area (Å²) in [5, 5.41) is 0.724. The zero-order chi connectivity index (χ0) is 13.8. The van der Waals surface area contributed by atoms with Crippen molar-refractivity contribution in [1.82, 2.24) is 0 Å². The Hall–Kier alpha value is -1.32. The molecule has 0 saturated heterocycles. The summed E-state index contributed by atoms with van der Waals surface area (Å²) >= 11 is 9.30. The summed E-state index contributed by atoms with van der Waals surface area (Å²) < 4.78 is 0.955. The number of hydrogen-bond acceptors (Lipinski definition) is 2. The Morgan fingerprint density at radius 3 is 2.53 bits per heavy atom. The minimum atomic E-state index is 0.680. The first kappa shape index (κ1) is 14.1. The van der Waals surface area contributed by atoms with Crippen LogP contribution in [0.1, 0.15) is 15.9 Å². The van der Waals surface area contributed by atoms with Crippen molar-refractivity contribution < 1.29 is 4.79 Å². The quantitative estimate of drug-likeness (QED) is 0.762. The molecule has 0 radical (unpaired) electrons.